The number of amides is 1. The summed E-state index contributed by atoms with van der Waals surface area (Å²) in [6.45, 7) is 0.210. The molecule has 1 amide bonds. The molecule has 5 heteroatoms. The molecule has 0 spiro atoms. The molecule has 1 saturated carbocycles. The molecule has 2 N–H and O–H groups in total. The van der Waals surface area contributed by atoms with Crippen molar-refractivity contribution in [1.82, 2.24) is 5.32 Å². The average molecular weight is 281 g/mol. The van der Waals surface area contributed by atoms with Crippen LogP contribution >= 0.6 is 11.3 Å². The van der Waals surface area contributed by atoms with Crippen molar-refractivity contribution >= 4 is 23.2 Å². The van der Waals surface area contributed by atoms with E-state index in [0.29, 0.717) is 0 Å². The minimum atomic E-state index is -0.880. The molecule has 0 bridgehead atoms. The van der Waals surface area contributed by atoms with Crippen molar-refractivity contribution in [3.05, 3.63) is 22.4 Å². The lowest BCUT2D eigenvalue weighted by molar-refractivity contribution is -0.137. The van der Waals surface area contributed by atoms with Crippen LogP contribution in [0.25, 0.3) is 0 Å². The largest absolute Gasteiger partial charge is 0.481 e. The van der Waals surface area contributed by atoms with Gasteiger partial charge in [-0.3, -0.25) is 9.59 Å². The summed E-state index contributed by atoms with van der Waals surface area (Å²) in [5.74, 6) is -0.884. The lowest BCUT2D eigenvalue weighted by Gasteiger charge is -2.35. The first kappa shape index (κ1) is 14.1. The van der Waals surface area contributed by atoms with Gasteiger partial charge < -0.3 is 10.4 Å². The minimum absolute atomic E-state index is 0.00380. The van der Waals surface area contributed by atoms with Gasteiger partial charge in [0.25, 0.3) is 0 Å². The van der Waals surface area contributed by atoms with Crippen molar-refractivity contribution in [3.63, 3.8) is 0 Å². The molecule has 0 aliphatic heterocycles. The number of carbonyl (C=O) groups excluding carboxylic acids is 1. The number of hydrogen-bond donors (Lipinski definition) is 2. The lowest BCUT2D eigenvalue weighted by Crippen LogP contribution is -2.45. The number of thiophene rings is 1. The first-order valence-electron chi connectivity index (χ1n) is 6.69. The Hall–Kier alpha value is -1.36. The van der Waals surface area contributed by atoms with Gasteiger partial charge in [0.15, 0.2) is 0 Å². The second-order valence-electron chi connectivity index (χ2n) is 5.02. The van der Waals surface area contributed by atoms with E-state index in [2.05, 4.69) is 5.32 Å². The predicted molar refractivity (Wildman–Crippen MR) is 74.3 cm³/mol. The fourth-order valence-corrected chi connectivity index (χ4v) is 3.73. The third-order valence-electron chi connectivity index (χ3n) is 3.76. The van der Waals surface area contributed by atoms with Crippen molar-refractivity contribution in [2.45, 2.75) is 43.9 Å². The maximum Gasteiger partial charge on any atom is 0.305 e. The van der Waals surface area contributed by atoms with Crippen LogP contribution in [0.4, 0.5) is 0 Å². The molecule has 1 aliphatic rings. The smallest absolute Gasteiger partial charge is 0.305 e. The highest BCUT2D eigenvalue weighted by Gasteiger charge is 2.41. The van der Waals surface area contributed by atoms with Gasteiger partial charge in [-0.1, -0.05) is 25.3 Å². The van der Waals surface area contributed by atoms with E-state index in [1.54, 1.807) is 11.3 Å². The average Bonchev–Trinajstić information content (AvgIpc) is 2.93. The van der Waals surface area contributed by atoms with Gasteiger partial charge in [0.05, 0.1) is 11.8 Å². The third kappa shape index (κ3) is 3.15. The van der Waals surface area contributed by atoms with Crippen molar-refractivity contribution in [2.24, 2.45) is 0 Å². The molecule has 4 nitrogen and oxygen atoms in total. The molecule has 2 rings (SSSR count). The molecular formula is C14H19NO3S. The molecule has 0 unspecified atom stereocenters. The summed E-state index contributed by atoms with van der Waals surface area (Å²) in [6.07, 6.45) is 5.01. The van der Waals surface area contributed by atoms with Crippen LogP contribution in [-0.4, -0.2) is 23.5 Å². The molecule has 1 aromatic rings. The number of rotatable bonds is 5. The first-order chi connectivity index (χ1) is 9.15. The Morgan fingerprint density at radius 2 is 2.05 bits per heavy atom. The van der Waals surface area contributed by atoms with Gasteiger partial charge in [-0.25, -0.2) is 0 Å². The maximum atomic E-state index is 12.5. The van der Waals surface area contributed by atoms with E-state index >= 15 is 0 Å². The van der Waals surface area contributed by atoms with Gasteiger partial charge >= 0.3 is 5.97 Å². The van der Waals surface area contributed by atoms with Gasteiger partial charge in [-0.15, -0.1) is 11.3 Å². The Bertz CT molecular complexity index is 436. The number of carbonyl (C=O) groups is 2. The maximum absolute atomic E-state index is 12.5. The van der Waals surface area contributed by atoms with Crippen molar-refractivity contribution in [3.8, 4) is 0 Å². The Balaban J connectivity index is 2.09. The van der Waals surface area contributed by atoms with Gasteiger partial charge in [0, 0.05) is 11.4 Å². The molecule has 1 fully saturated rings. The van der Waals surface area contributed by atoms with Crippen LogP contribution in [0, 0.1) is 0 Å². The zero-order valence-electron chi connectivity index (χ0n) is 10.9. The van der Waals surface area contributed by atoms with Crippen LogP contribution < -0.4 is 5.32 Å². The molecule has 19 heavy (non-hydrogen) atoms. The van der Waals surface area contributed by atoms with Crippen LogP contribution in [0.15, 0.2) is 17.5 Å². The standard InChI is InChI=1S/C14H19NO3S/c16-12(17)6-9-15-13(18)14(7-2-1-3-8-14)11-5-4-10-19-11/h4-5,10H,1-3,6-9H2,(H,15,18)(H,16,17). The van der Waals surface area contributed by atoms with Gasteiger partial charge in [0.1, 0.15) is 0 Å². The highest BCUT2D eigenvalue weighted by atomic mass is 32.1. The molecule has 104 valence electrons. The topological polar surface area (TPSA) is 66.4 Å². The van der Waals surface area contributed by atoms with Gasteiger partial charge in [-0.05, 0) is 24.3 Å². The molecular weight excluding hydrogens is 262 g/mol. The molecule has 0 aromatic carbocycles. The summed E-state index contributed by atoms with van der Waals surface area (Å²) < 4.78 is 0. The third-order valence-corrected chi connectivity index (χ3v) is 4.83. The Morgan fingerprint density at radius 3 is 2.63 bits per heavy atom. The van der Waals surface area contributed by atoms with Gasteiger partial charge in [0.2, 0.25) is 5.91 Å². The highest BCUT2D eigenvalue weighted by molar-refractivity contribution is 7.10. The Kier molecular flexibility index (Phi) is 4.58. The SMILES string of the molecule is O=C(O)CCNC(=O)C1(c2cccs2)CCCCC1. The monoisotopic (exact) mass is 281 g/mol. The lowest BCUT2D eigenvalue weighted by atomic mass is 9.72. The molecule has 0 radical (unpaired) electrons. The van der Waals surface area contributed by atoms with Gasteiger partial charge in [-0.2, -0.15) is 0 Å². The van der Waals surface area contributed by atoms with Crippen LogP contribution in [0.3, 0.4) is 0 Å². The summed E-state index contributed by atoms with van der Waals surface area (Å²) in [4.78, 5) is 24.1. The quantitative estimate of drug-likeness (QED) is 0.871. The van der Waals surface area contributed by atoms with Crippen LogP contribution in [0.2, 0.25) is 0 Å². The van der Waals surface area contributed by atoms with E-state index in [1.807, 2.05) is 17.5 Å². The van der Waals surface area contributed by atoms with E-state index in [4.69, 9.17) is 5.11 Å². The summed E-state index contributed by atoms with van der Waals surface area (Å²) in [7, 11) is 0. The van der Waals surface area contributed by atoms with Crippen molar-refractivity contribution in [1.29, 1.82) is 0 Å². The van der Waals surface area contributed by atoms with Crippen LogP contribution in [-0.2, 0) is 15.0 Å². The van der Waals surface area contributed by atoms with Crippen molar-refractivity contribution in [2.75, 3.05) is 6.54 Å². The zero-order valence-corrected chi connectivity index (χ0v) is 11.7. The number of hydrogen-bond acceptors (Lipinski definition) is 3. The van der Waals surface area contributed by atoms with Crippen molar-refractivity contribution < 1.29 is 14.7 Å². The van der Waals surface area contributed by atoms with E-state index in [-0.39, 0.29) is 18.9 Å². The first-order valence-corrected chi connectivity index (χ1v) is 7.57. The zero-order chi connectivity index (χ0) is 13.7. The molecule has 0 atom stereocenters. The van der Waals surface area contributed by atoms with E-state index in [0.717, 1.165) is 30.6 Å². The number of aliphatic carboxylic acids is 1. The number of carboxylic acid groups (broad SMARTS) is 1. The van der Waals surface area contributed by atoms with Crippen LogP contribution in [0.1, 0.15) is 43.4 Å². The summed E-state index contributed by atoms with van der Waals surface area (Å²) in [5, 5.41) is 13.4. The summed E-state index contributed by atoms with van der Waals surface area (Å²) in [5.41, 5.74) is -0.426. The van der Waals surface area contributed by atoms with E-state index in [9.17, 15) is 9.59 Å². The second kappa shape index (κ2) is 6.19. The fraction of sp³-hybridized carbons (Fsp3) is 0.571. The normalized spacial score (nSPS) is 17.9. The number of carboxylic acids is 1. The highest BCUT2D eigenvalue weighted by Crippen LogP contribution is 2.41. The van der Waals surface area contributed by atoms with E-state index < -0.39 is 11.4 Å². The molecule has 1 aliphatic carbocycles. The molecule has 1 heterocycles. The number of nitrogens with one attached hydrogen (secondary N) is 1. The van der Waals surface area contributed by atoms with E-state index in [1.165, 1.54) is 6.42 Å². The Morgan fingerprint density at radius 1 is 1.32 bits per heavy atom. The predicted octanol–water partition coefficient (Wildman–Crippen LogP) is 2.54. The Labute approximate surface area is 116 Å². The summed E-state index contributed by atoms with van der Waals surface area (Å²) >= 11 is 1.62. The molecule has 0 saturated heterocycles. The minimum Gasteiger partial charge on any atom is -0.481 e. The fourth-order valence-electron chi connectivity index (χ4n) is 2.74. The second-order valence-corrected chi connectivity index (χ2v) is 5.97. The molecule has 1 aromatic heterocycles. The van der Waals surface area contributed by atoms with Crippen LogP contribution in [0.5, 0.6) is 0 Å². The summed E-state index contributed by atoms with van der Waals surface area (Å²) in [6, 6.07) is 3.99.